The molecule has 0 bridgehead atoms. The van der Waals surface area contributed by atoms with E-state index in [1.165, 1.54) is 27.8 Å². The number of hydrogen-bond acceptors (Lipinski definition) is 4. The van der Waals surface area contributed by atoms with Crippen molar-refractivity contribution in [3.05, 3.63) is 28.8 Å². The number of aromatic nitrogens is 1. The number of amides is 1. The van der Waals surface area contributed by atoms with E-state index in [0.717, 1.165) is 24.6 Å². The summed E-state index contributed by atoms with van der Waals surface area (Å²) >= 11 is 1.23. The molecule has 1 saturated heterocycles. The van der Waals surface area contributed by atoms with Gasteiger partial charge in [0, 0.05) is 13.1 Å². The van der Waals surface area contributed by atoms with Crippen LogP contribution in [0.15, 0.2) is 23.2 Å². The van der Waals surface area contributed by atoms with E-state index in [2.05, 4.69) is 4.99 Å². The van der Waals surface area contributed by atoms with Crippen molar-refractivity contribution in [1.29, 1.82) is 0 Å². The standard InChI is InChI=1S/C16H20FN3O3S2/c1-3-19-12-8-7-11(17)10-14(12)24-16(19)18-15(21)13-6-4-5-9-20(13)25(2,22)23/h7-8,10,13H,3-6,9H2,1-2H3. The predicted molar refractivity (Wildman–Crippen MR) is 95.2 cm³/mol. The Morgan fingerprint density at radius 3 is 2.84 bits per heavy atom. The van der Waals surface area contributed by atoms with Crippen molar-refractivity contribution in [1.82, 2.24) is 8.87 Å². The lowest BCUT2D eigenvalue weighted by atomic mass is 10.0. The molecule has 1 atom stereocenters. The number of nitrogens with zero attached hydrogens (tertiary/aromatic N) is 3. The monoisotopic (exact) mass is 385 g/mol. The Labute approximate surface area is 149 Å². The van der Waals surface area contributed by atoms with E-state index in [-0.39, 0.29) is 5.82 Å². The molecule has 9 heteroatoms. The summed E-state index contributed by atoms with van der Waals surface area (Å²) in [5.41, 5.74) is 0.809. The normalized spacial score (nSPS) is 20.3. The first kappa shape index (κ1) is 18.2. The van der Waals surface area contributed by atoms with Crippen molar-refractivity contribution in [2.75, 3.05) is 12.8 Å². The molecule has 1 aliphatic heterocycles. The lowest BCUT2D eigenvalue weighted by Gasteiger charge is -2.31. The van der Waals surface area contributed by atoms with E-state index in [0.29, 0.717) is 29.0 Å². The number of piperidine rings is 1. The van der Waals surface area contributed by atoms with E-state index in [1.54, 1.807) is 6.07 Å². The fourth-order valence-corrected chi connectivity index (χ4v) is 5.40. The fourth-order valence-electron chi connectivity index (χ4n) is 3.16. The van der Waals surface area contributed by atoms with Crippen molar-refractivity contribution in [2.45, 2.75) is 38.8 Å². The second-order valence-corrected chi connectivity index (χ2v) is 9.02. The first-order valence-electron chi connectivity index (χ1n) is 8.15. The third kappa shape index (κ3) is 3.68. The number of thiazole rings is 1. The molecule has 0 radical (unpaired) electrons. The number of carbonyl (C=O) groups is 1. The van der Waals surface area contributed by atoms with Gasteiger partial charge in [-0.3, -0.25) is 4.79 Å². The minimum Gasteiger partial charge on any atom is -0.317 e. The van der Waals surface area contributed by atoms with Crippen LogP contribution >= 0.6 is 11.3 Å². The lowest BCUT2D eigenvalue weighted by molar-refractivity contribution is -0.122. The van der Waals surface area contributed by atoms with Gasteiger partial charge in [0.25, 0.3) is 5.91 Å². The van der Waals surface area contributed by atoms with Gasteiger partial charge in [-0.1, -0.05) is 17.8 Å². The highest BCUT2D eigenvalue weighted by Crippen LogP contribution is 2.22. The quantitative estimate of drug-likeness (QED) is 0.812. The van der Waals surface area contributed by atoms with E-state index < -0.39 is 22.0 Å². The van der Waals surface area contributed by atoms with Gasteiger partial charge in [-0.05, 0) is 38.0 Å². The molecular weight excluding hydrogens is 365 g/mol. The molecule has 0 aliphatic carbocycles. The van der Waals surface area contributed by atoms with Gasteiger partial charge in [-0.2, -0.15) is 9.30 Å². The number of halogens is 1. The molecular formula is C16H20FN3O3S2. The molecule has 1 aromatic carbocycles. The third-order valence-corrected chi connectivity index (χ3v) is 6.66. The molecule has 3 rings (SSSR count). The molecule has 1 aromatic heterocycles. The lowest BCUT2D eigenvalue weighted by Crippen LogP contribution is -2.47. The molecule has 25 heavy (non-hydrogen) atoms. The highest BCUT2D eigenvalue weighted by Gasteiger charge is 2.34. The summed E-state index contributed by atoms with van der Waals surface area (Å²) in [4.78, 5) is 17.3. The average molecular weight is 385 g/mol. The zero-order chi connectivity index (χ0) is 18.2. The topological polar surface area (TPSA) is 71.7 Å². The highest BCUT2D eigenvalue weighted by atomic mass is 32.2. The Morgan fingerprint density at radius 1 is 1.40 bits per heavy atom. The maximum absolute atomic E-state index is 13.4. The van der Waals surface area contributed by atoms with Gasteiger partial charge >= 0.3 is 0 Å². The van der Waals surface area contributed by atoms with E-state index in [4.69, 9.17) is 0 Å². The van der Waals surface area contributed by atoms with Crippen molar-refractivity contribution in [2.24, 2.45) is 4.99 Å². The van der Waals surface area contributed by atoms with Crippen LogP contribution in [0.3, 0.4) is 0 Å². The molecule has 0 spiro atoms. The smallest absolute Gasteiger partial charge is 0.266 e. The molecule has 0 saturated carbocycles. The molecule has 2 aromatic rings. The number of benzene rings is 1. The number of fused-ring (bicyclic) bond motifs is 1. The fraction of sp³-hybridized carbons (Fsp3) is 0.500. The van der Waals surface area contributed by atoms with Crippen LogP contribution in [0, 0.1) is 5.82 Å². The van der Waals surface area contributed by atoms with Gasteiger partial charge in [0.2, 0.25) is 10.0 Å². The van der Waals surface area contributed by atoms with Crippen LogP contribution in [0.4, 0.5) is 4.39 Å². The van der Waals surface area contributed by atoms with Gasteiger partial charge in [-0.25, -0.2) is 12.8 Å². The zero-order valence-corrected chi connectivity index (χ0v) is 15.7. The molecule has 1 unspecified atom stereocenters. The summed E-state index contributed by atoms with van der Waals surface area (Å²) in [7, 11) is -3.46. The Hall–Kier alpha value is -1.58. The summed E-state index contributed by atoms with van der Waals surface area (Å²) in [5.74, 6) is -0.801. The SMILES string of the molecule is CCn1c(=NC(=O)C2CCCCN2S(C)(=O)=O)sc2cc(F)ccc21. The second-order valence-electron chi connectivity index (χ2n) is 6.08. The Balaban J connectivity index is 2.04. The molecule has 1 fully saturated rings. The van der Waals surface area contributed by atoms with Crippen LogP contribution in [0.1, 0.15) is 26.2 Å². The highest BCUT2D eigenvalue weighted by molar-refractivity contribution is 7.88. The second kappa shape index (κ2) is 6.97. The van der Waals surface area contributed by atoms with Crippen LogP contribution in [0.5, 0.6) is 0 Å². The van der Waals surface area contributed by atoms with Gasteiger partial charge in [0.15, 0.2) is 4.80 Å². The van der Waals surface area contributed by atoms with Crippen LogP contribution in [-0.2, 0) is 21.4 Å². The summed E-state index contributed by atoms with van der Waals surface area (Å²) < 4.78 is 41.1. The molecule has 2 heterocycles. The number of hydrogen-bond donors (Lipinski definition) is 0. The van der Waals surface area contributed by atoms with Crippen LogP contribution in [0.2, 0.25) is 0 Å². The summed E-state index contributed by atoms with van der Waals surface area (Å²) in [5, 5.41) is 0. The average Bonchev–Trinajstić information content (AvgIpc) is 2.89. The van der Waals surface area contributed by atoms with Crippen LogP contribution in [0.25, 0.3) is 10.2 Å². The maximum atomic E-state index is 13.4. The number of rotatable bonds is 3. The van der Waals surface area contributed by atoms with Crippen molar-refractivity contribution >= 4 is 37.5 Å². The van der Waals surface area contributed by atoms with Crippen molar-refractivity contribution < 1.29 is 17.6 Å². The maximum Gasteiger partial charge on any atom is 0.266 e. The van der Waals surface area contributed by atoms with Gasteiger partial charge < -0.3 is 4.57 Å². The number of sulfonamides is 1. The number of aryl methyl sites for hydroxylation is 1. The zero-order valence-electron chi connectivity index (χ0n) is 14.1. The van der Waals surface area contributed by atoms with Crippen LogP contribution < -0.4 is 4.80 Å². The largest absolute Gasteiger partial charge is 0.317 e. The summed E-state index contributed by atoms with van der Waals surface area (Å²) in [6, 6.07) is 3.70. The Kier molecular flexibility index (Phi) is 5.08. The minimum atomic E-state index is -3.46. The molecule has 1 aliphatic rings. The van der Waals surface area contributed by atoms with Gasteiger partial charge in [0.1, 0.15) is 11.9 Å². The van der Waals surface area contributed by atoms with Gasteiger partial charge in [-0.15, -0.1) is 0 Å². The summed E-state index contributed by atoms with van der Waals surface area (Å²) in [6.07, 6.45) is 3.13. The minimum absolute atomic E-state index is 0.342. The van der Waals surface area contributed by atoms with E-state index in [9.17, 15) is 17.6 Å². The summed E-state index contributed by atoms with van der Waals surface area (Å²) in [6.45, 7) is 2.84. The van der Waals surface area contributed by atoms with Gasteiger partial charge in [0.05, 0.1) is 16.5 Å². The third-order valence-electron chi connectivity index (χ3n) is 4.33. The van der Waals surface area contributed by atoms with E-state index >= 15 is 0 Å². The van der Waals surface area contributed by atoms with Crippen LogP contribution in [-0.4, -0.2) is 42.0 Å². The first-order valence-corrected chi connectivity index (χ1v) is 10.8. The molecule has 136 valence electrons. The van der Waals surface area contributed by atoms with Crippen molar-refractivity contribution in [3.8, 4) is 0 Å². The first-order chi connectivity index (χ1) is 11.8. The van der Waals surface area contributed by atoms with E-state index in [1.807, 2.05) is 11.5 Å². The molecule has 6 nitrogen and oxygen atoms in total. The predicted octanol–water partition coefficient (Wildman–Crippen LogP) is 2.10. The molecule has 1 amide bonds. The Bertz CT molecular complexity index is 978. The molecule has 0 N–H and O–H groups in total. The Morgan fingerprint density at radius 2 is 2.16 bits per heavy atom. The van der Waals surface area contributed by atoms with Crippen molar-refractivity contribution in [3.63, 3.8) is 0 Å². The number of carbonyl (C=O) groups excluding carboxylic acids is 1.